The Morgan fingerprint density at radius 1 is 1.38 bits per heavy atom. The summed E-state index contributed by atoms with van der Waals surface area (Å²) in [6, 6.07) is 6.69. The Hall–Kier alpha value is -1.64. The van der Waals surface area contributed by atoms with Crippen LogP contribution in [0.1, 0.15) is 5.56 Å². The molecule has 0 fully saturated rings. The number of nitrogen functional groups attached to an aromatic ring is 1. The number of halogens is 1. The van der Waals surface area contributed by atoms with E-state index < -0.39 is 0 Å². The SMILES string of the molecule is Cc1cc2cccc(F)c2nc1N. The summed E-state index contributed by atoms with van der Waals surface area (Å²) in [5.74, 6) is 0.0572. The van der Waals surface area contributed by atoms with Crippen LogP contribution in [0.15, 0.2) is 24.3 Å². The number of pyridine rings is 1. The number of nitrogens with two attached hydrogens (primary N) is 1. The molecule has 0 atom stereocenters. The van der Waals surface area contributed by atoms with Crippen molar-refractivity contribution in [1.29, 1.82) is 0 Å². The van der Waals surface area contributed by atoms with Gasteiger partial charge in [0.1, 0.15) is 17.2 Å². The van der Waals surface area contributed by atoms with Crippen molar-refractivity contribution >= 4 is 16.7 Å². The smallest absolute Gasteiger partial charge is 0.149 e. The molecule has 0 bridgehead atoms. The molecular weight excluding hydrogens is 167 g/mol. The summed E-state index contributed by atoms with van der Waals surface area (Å²) in [4.78, 5) is 3.98. The van der Waals surface area contributed by atoms with E-state index in [0.29, 0.717) is 11.3 Å². The van der Waals surface area contributed by atoms with Gasteiger partial charge in [-0.15, -0.1) is 0 Å². The van der Waals surface area contributed by atoms with Crippen LogP contribution < -0.4 is 5.73 Å². The zero-order valence-corrected chi connectivity index (χ0v) is 7.21. The minimum atomic E-state index is -0.329. The molecule has 0 saturated carbocycles. The predicted octanol–water partition coefficient (Wildman–Crippen LogP) is 2.26. The predicted molar refractivity (Wildman–Crippen MR) is 50.9 cm³/mol. The molecule has 1 heterocycles. The van der Waals surface area contributed by atoms with Crippen molar-refractivity contribution in [3.05, 3.63) is 35.6 Å². The van der Waals surface area contributed by atoms with Crippen LogP contribution in [0.3, 0.4) is 0 Å². The van der Waals surface area contributed by atoms with E-state index in [1.54, 1.807) is 6.07 Å². The van der Waals surface area contributed by atoms with E-state index in [-0.39, 0.29) is 5.82 Å². The monoisotopic (exact) mass is 176 g/mol. The molecule has 13 heavy (non-hydrogen) atoms. The lowest BCUT2D eigenvalue weighted by Crippen LogP contribution is -1.95. The van der Waals surface area contributed by atoms with Crippen LogP contribution >= 0.6 is 0 Å². The average Bonchev–Trinajstić information content (AvgIpc) is 2.09. The maximum absolute atomic E-state index is 13.2. The Morgan fingerprint density at radius 3 is 2.92 bits per heavy atom. The number of fused-ring (bicyclic) bond motifs is 1. The van der Waals surface area contributed by atoms with Gasteiger partial charge in [0.25, 0.3) is 0 Å². The molecule has 2 N–H and O–H groups in total. The van der Waals surface area contributed by atoms with Gasteiger partial charge in [-0.1, -0.05) is 12.1 Å². The van der Waals surface area contributed by atoms with Crippen molar-refractivity contribution in [2.75, 3.05) is 5.73 Å². The number of anilines is 1. The third kappa shape index (κ3) is 1.22. The fourth-order valence-electron chi connectivity index (χ4n) is 1.28. The number of para-hydroxylation sites is 1. The lowest BCUT2D eigenvalue weighted by atomic mass is 10.1. The maximum Gasteiger partial charge on any atom is 0.149 e. The molecule has 2 rings (SSSR count). The molecule has 1 aromatic carbocycles. The quantitative estimate of drug-likeness (QED) is 0.668. The molecule has 0 aliphatic heterocycles. The van der Waals surface area contributed by atoms with E-state index in [2.05, 4.69) is 4.98 Å². The normalized spacial score (nSPS) is 10.6. The van der Waals surface area contributed by atoms with Crippen LogP contribution in [0.2, 0.25) is 0 Å². The van der Waals surface area contributed by atoms with Crippen LogP contribution in [-0.4, -0.2) is 4.98 Å². The first-order valence-electron chi connectivity index (χ1n) is 4.00. The van der Waals surface area contributed by atoms with Crippen molar-refractivity contribution < 1.29 is 4.39 Å². The number of hydrogen-bond donors (Lipinski definition) is 1. The molecule has 3 heteroatoms. The van der Waals surface area contributed by atoms with E-state index in [0.717, 1.165) is 10.9 Å². The molecule has 0 saturated heterocycles. The van der Waals surface area contributed by atoms with Gasteiger partial charge in [-0.3, -0.25) is 0 Å². The molecule has 66 valence electrons. The van der Waals surface area contributed by atoms with Gasteiger partial charge in [0.15, 0.2) is 0 Å². The number of nitrogens with zero attached hydrogens (tertiary/aromatic N) is 1. The molecule has 0 spiro atoms. The fraction of sp³-hybridized carbons (Fsp3) is 0.100. The Bertz CT molecular complexity index is 466. The maximum atomic E-state index is 13.2. The van der Waals surface area contributed by atoms with Gasteiger partial charge in [-0.2, -0.15) is 0 Å². The number of aromatic nitrogens is 1. The van der Waals surface area contributed by atoms with Crippen molar-refractivity contribution in [2.45, 2.75) is 6.92 Å². The highest BCUT2D eigenvalue weighted by molar-refractivity contribution is 5.81. The van der Waals surface area contributed by atoms with Crippen molar-refractivity contribution in [2.24, 2.45) is 0 Å². The molecule has 0 radical (unpaired) electrons. The Labute approximate surface area is 75.2 Å². The molecule has 0 aliphatic carbocycles. The topological polar surface area (TPSA) is 38.9 Å². The largest absolute Gasteiger partial charge is 0.383 e. The summed E-state index contributed by atoms with van der Waals surface area (Å²) in [6.45, 7) is 1.85. The number of benzene rings is 1. The molecule has 2 aromatic rings. The third-order valence-corrected chi connectivity index (χ3v) is 2.03. The highest BCUT2D eigenvalue weighted by Gasteiger charge is 2.03. The van der Waals surface area contributed by atoms with E-state index in [1.807, 2.05) is 19.1 Å². The first-order valence-corrected chi connectivity index (χ1v) is 4.00. The van der Waals surface area contributed by atoms with Gasteiger partial charge in [0, 0.05) is 5.39 Å². The molecule has 0 aliphatic rings. The van der Waals surface area contributed by atoms with Crippen molar-refractivity contribution in [3.63, 3.8) is 0 Å². The van der Waals surface area contributed by atoms with Gasteiger partial charge < -0.3 is 5.73 Å². The summed E-state index contributed by atoms with van der Waals surface area (Å²) in [5, 5.41) is 0.784. The van der Waals surface area contributed by atoms with E-state index >= 15 is 0 Å². The number of aryl methyl sites for hydroxylation is 1. The van der Waals surface area contributed by atoms with Gasteiger partial charge in [0.2, 0.25) is 0 Å². The molecular formula is C10H9FN2. The van der Waals surface area contributed by atoms with Crippen LogP contribution in [0.4, 0.5) is 10.2 Å². The van der Waals surface area contributed by atoms with Gasteiger partial charge in [-0.25, -0.2) is 9.37 Å². The van der Waals surface area contributed by atoms with Crippen LogP contribution in [0.25, 0.3) is 10.9 Å². The Morgan fingerprint density at radius 2 is 2.15 bits per heavy atom. The highest BCUT2D eigenvalue weighted by atomic mass is 19.1. The molecule has 0 amide bonds. The summed E-state index contributed by atoms with van der Waals surface area (Å²) in [5.41, 5.74) is 6.79. The molecule has 2 nitrogen and oxygen atoms in total. The highest BCUT2D eigenvalue weighted by Crippen LogP contribution is 2.19. The van der Waals surface area contributed by atoms with E-state index in [4.69, 9.17) is 5.73 Å². The summed E-state index contributed by atoms with van der Waals surface area (Å²) in [7, 11) is 0. The third-order valence-electron chi connectivity index (χ3n) is 2.03. The van der Waals surface area contributed by atoms with Crippen molar-refractivity contribution in [3.8, 4) is 0 Å². The second-order valence-electron chi connectivity index (χ2n) is 3.00. The first kappa shape index (κ1) is 7.98. The number of rotatable bonds is 0. The van der Waals surface area contributed by atoms with E-state index in [1.165, 1.54) is 6.07 Å². The standard InChI is InChI=1S/C10H9FN2/c1-6-5-7-3-2-4-8(11)9(7)13-10(6)12/h2-5H,1H3,(H2,12,13). The van der Waals surface area contributed by atoms with Crippen molar-refractivity contribution in [1.82, 2.24) is 4.98 Å². The zero-order valence-electron chi connectivity index (χ0n) is 7.21. The Balaban J connectivity index is 2.89. The number of hydrogen-bond acceptors (Lipinski definition) is 2. The second kappa shape index (κ2) is 2.69. The molecule has 0 unspecified atom stereocenters. The van der Waals surface area contributed by atoms with Crippen LogP contribution in [0.5, 0.6) is 0 Å². The minimum absolute atomic E-state index is 0.329. The second-order valence-corrected chi connectivity index (χ2v) is 3.00. The fourth-order valence-corrected chi connectivity index (χ4v) is 1.28. The molecule has 1 aromatic heterocycles. The van der Waals surface area contributed by atoms with Crippen LogP contribution in [-0.2, 0) is 0 Å². The lowest BCUT2D eigenvalue weighted by molar-refractivity contribution is 0.637. The lowest BCUT2D eigenvalue weighted by Gasteiger charge is -2.02. The van der Waals surface area contributed by atoms with Gasteiger partial charge in [-0.05, 0) is 24.6 Å². The van der Waals surface area contributed by atoms with Gasteiger partial charge >= 0.3 is 0 Å². The summed E-state index contributed by atoms with van der Waals surface area (Å²) < 4.78 is 13.2. The minimum Gasteiger partial charge on any atom is -0.383 e. The summed E-state index contributed by atoms with van der Waals surface area (Å²) in [6.07, 6.45) is 0. The van der Waals surface area contributed by atoms with Crippen LogP contribution in [0, 0.1) is 12.7 Å². The van der Waals surface area contributed by atoms with E-state index in [9.17, 15) is 4.39 Å². The Kier molecular flexibility index (Phi) is 1.65. The van der Waals surface area contributed by atoms with Gasteiger partial charge in [0.05, 0.1) is 0 Å². The zero-order chi connectivity index (χ0) is 9.42. The average molecular weight is 176 g/mol. The summed E-state index contributed by atoms with van der Waals surface area (Å²) >= 11 is 0. The first-order chi connectivity index (χ1) is 6.18.